The predicted octanol–water partition coefficient (Wildman–Crippen LogP) is 2.54. The first-order valence-corrected chi connectivity index (χ1v) is 14.9. The fraction of sp³-hybridized carbons (Fsp3) is 0.455. The molecule has 0 radical (unpaired) electrons. The summed E-state index contributed by atoms with van der Waals surface area (Å²) in [7, 11) is 1.44. The highest BCUT2D eigenvalue weighted by Gasteiger charge is 2.41. The third-order valence-corrected chi connectivity index (χ3v) is 8.69. The number of phenolic OH excluding ortho intramolecular Hbond substituents is 2. The molecule has 7 N–H and O–H groups in total. The smallest absolute Gasteiger partial charge is 0.372 e. The van der Waals surface area contributed by atoms with Crippen molar-refractivity contribution < 1.29 is 59.2 Å². The standard InChI is InChI=1S/C33H38O13/c1-14(11-21-19(35)9-4-15(2)44-21)10-18-27(37)25(22-12-20(36)29(39)23(13-34)45-22)31-26(28(18)38)30(40)24(32(46-31)33(41)42)16-5-7-17(43-3)8-6-16/h5-8,15,19-23,29,34-39H,1,4,9-13H2,2-3H3,(H,41,42)/t15-,19?,20?,21?,22?,23?,29?/m0/s1. The molecule has 0 amide bonds. The largest absolute Gasteiger partial charge is 0.507 e. The third-order valence-electron chi connectivity index (χ3n) is 8.69. The van der Waals surface area contributed by atoms with Gasteiger partial charge in [0, 0.05) is 18.4 Å². The van der Waals surface area contributed by atoms with Gasteiger partial charge in [-0.2, -0.15) is 0 Å². The molecular weight excluding hydrogens is 604 g/mol. The number of hydrogen-bond acceptors (Lipinski definition) is 12. The Labute approximate surface area is 263 Å². The van der Waals surface area contributed by atoms with E-state index in [9.17, 15) is 45.3 Å². The Morgan fingerprint density at radius 1 is 1.02 bits per heavy atom. The lowest BCUT2D eigenvalue weighted by atomic mass is 9.87. The fourth-order valence-corrected chi connectivity index (χ4v) is 6.24. The molecule has 1 aromatic heterocycles. The number of carbonyl (C=O) groups is 1. The van der Waals surface area contributed by atoms with Crippen LogP contribution in [0.4, 0.5) is 0 Å². The van der Waals surface area contributed by atoms with Crippen molar-refractivity contribution in [2.75, 3.05) is 13.7 Å². The molecule has 0 saturated carbocycles. The van der Waals surface area contributed by atoms with Crippen LogP contribution in [0.2, 0.25) is 0 Å². The molecule has 2 aromatic carbocycles. The molecule has 7 atom stereocenters. The quantitative estimate of drug-likeness (QED) is 0.167. The molecule has 5 rings (SSSR count). The second-order valence-corrected chi connectivity index (χ2v) is 11.9. The number of ether oxygens (including phenoxy) is 3. The molecule has 2 aliphatic heterocycles. The van der Waals surface area contributed by atoms with Crippen molar-refractivity contribution in [3.8, 4) is 28.4 Å². The molecule has 3 heterocycles. The Bertz CT molecular complexity index is 1680. The Morgan fingerprint density at radius 3 is 2.35 bits per heavy atom. The normalized spacial score (nSPS) is 26.6. The molecule has 3 aromatic rings. The number of aliphatic hydroxyl groups is 4. The summed E-state index contributed by atoms with van der Waals surface area (Å²) in [6.45, 7) is 5.23. The number of methoxy groups -OCH3 is 1. The summed E-state index contributed by atoms with van der Waals surface area (Å²) >= 11 is 0. The van der Waals surface area contributed by atoms with E-state index in [1.54, 1.807) is 0 Å². The van der Waals surface area contributed by atoms with E-state index in [1.165, 1.54) is 31.4 Å². The first-order chi connectivity index (χ1) is 21.9. The summed E-state index contributed by atoms with van der Waals surface area (Å²) in [6, 6.07) is 5.94. The van der Waals surface area contributed by atoms with Gasteiger partial charge >= 0.3 is 5.97 Å². The zero-order valence-corrected chi connectivity index (χ0v) is 25.4. The zero-order valence-electron chi connectivity index (χ0n) is 25.4. The van der Waals surface area contributed by atoms with E-state index in [4.69, 9.17) is 18.6 Å². The lowest BCUT2D eigenvalue weighted by Gasteiger charge is -2.37. The average molecular weight is 643 g/mol. The van der Waals surface area contributed by atoms with Crippen LogP contribution >= 0.6 is 0 Å². The SMILES string of the molecule is C=C(Cc1c(O)c(C2CC(O)C(O)C(CO)O2)c2oc(C(=O)O)c(-c3ccc(OC)cc3)c(=O)c2c1O)CC1O[C@@H](C)CCC1O. The highest BCUT2D eigenvalue weighted by Crippen LogP contribution is 2.47. The first-order valence-electron chi connectivity index (χ1n) is 14.9. The van der Waals surface area contributed by atoms with Crippen LogP contribution < -0.4 is 10.2 Å². The van der Waals surface area contributed by atoms with Gasteiger partial charge in [-0.1, -0.05) is 24.3 Å². The van der Waals surface area contributed by atoms with Crippen LogP contribution in [0.3, 0.4) is 0 Å². The molecule has 13 nitrogen and oxygen atoms in total. The van der Waals surface area contributed by atoms with Crippen molar-refractivity contribution in [1.29, 1.82) is 0 Å². The molecule has 0 aliphatic carbocycles. The maximum absolute atomic E-state index is 14.2. The highest BCUT2D eigenvalue weighted by atomic mass is 16.5. The molecule has 46 heavy (non-hydrogen) atoms. The third kappa shape index (κ3) is 6.21. The molecule has 0 bridgehead atoms. The van der Waals surface area contributed by atoms with Crippen LogP contribution in [0.5, 0.6) is 17.2 Å². The van der Waals surface area contributed by atoms with Crippen LogP contribution in [-0.4, -0.2) is 92.1 Å². The van der Waals surface area contributed by atoms with Gasteiger partial charge in [-0.3, -0.25) is 4.79 Å². The van der Waals surface area contributed by atoms with Crippen LogP contribution in [0, 0.1) is 0 Å². The van der Waals surface area contributed by atoms with E-state index < -0.39 is 82.9 Å². The molecular formula is C33H38O13. The average Bonchev–Trinajstić information content (AvgIpc) is 3.02. The highest BCUT2D eigenvalue weighted by molar-refractivity contribution is 6.00. The van der Waals surface area contributed by atoms with E-state index in [0.29, 0.717) is 24.2 Å². The molecule has 0 spiro atoms. The van der Waals surface area contributed by atoms with Gasteiger partial charge in [0.2, 0.25) is 11.2 Å². The first kappa shape index (κ1) is 33.4. The van der Waals surface area contributed by atoms with Crippen LogP contribution in [0.15, 0.2) is 45.6 Å². The predicted molar refractivity (Wildman–Crippen MR) is 163 cm³/mol. The van der Waals surface area contributed by atoms with Crippen molar-refractivity contribution in [2.45, 2.75) is 81.8 Å². The Morgan fingerprint density at radius 2 is 1.72 bits per heavy atom. The van der Waals surface area contributed by atoms with Gasteiger partial charge in [-0.15, -0.1) is 0 Å². The summed E-state index contributed by atoms with van der Waals surface area (Å²) in [6.07, 6.45) is -6.12. The zero-order chi connectivity index (χ0) is 33.4. The summed E-state index contributed by atoms with van der Waals surface area (Å²) in [5.74, 6) is -3.26. The van der Waals surface area contributed by atoms with Crippen molar-refractivity contribution >= 4 is 16.9 Å². The number of hydrogen-bond donors (Lipinski definition) is 7. The molecule has 6 unspecified atom stereocenters. The Hall–Kier alpha value is -3.98. The number of phenols is 2. The number of carboxylic acid groups (broad SMARTS) is 1. The minimum Gasteiger partial charge on any atom is -0.507 e. The Balaban J connectivity index is 1.72. The number of rotatable bonds is 9. The van der Waals surface area contributed by atoms with E-state index in [-0.39, 0.29) is 47.6 Å². The van der Waals surface area contributed by atoms with Gasteiger partial charge in [0.15, 0.2) is 5.58 Å². The monoisotopic (exact) mass is 642 g/mol. The van der Waals surface area contributed by atoms with Gasteiger partial charge in [0.25, 0.3) is 0 Å². The van der Waals surface area contributed by atoms with Crippen LogP contribution in [0.25, 0.3) is 22.1 Å². The molecule has 2 fully saturated rings. The van der Waals surface area contributed by atoms with E-state index in [1.807, 2.05) is 6.92 Å². The second kappa shape index (κ2) is 13.4. The summed E-state index contributed by atoms with van der Waals surface area (Å²) in [5.41, 5.74) is -1.64. The molecule has 248 valence electrons. The maximum Gasteiger partial charge on any atom is 0.372 e. The number of aromatic carboxylic acids is 1. The number of aliphatic hydroxyl groups excluding tert-OH is 4. The lowest BCUT2D eigenvalue weighted by molar-refractivity contribution is -0.181. The topological polar surface area (TPSA) is 217 Å². The van der Waals surface area contributed by atoms with E-state index in [0.717, 1.165) is 0 Å². The van der Waals surface area contributed by atoms with Gasteiger partial charge < -0.3 is 54.4 Å². The lowest BCUT2D eigenvalue weighted by Crippen LogP contribution is -2.47. The van der Waals surface area contributed by atoms with Gasteiger partial charge in [0.05, 0.1) is 55.4 Å². The Kier molecular flexibility index (Phi) is 9.73. The van der Waals surface area contributed by atoms with Crippen molar-refractivity contribution in [3.63, 3.8) is 0 Å². The minimum absolute atomic E-state index is 0.0931. The van der Waals surface area contributed by atoms with Crippen LogP contribution in [0.1, 0.15) is 60.4 Å². The number of benzene rings is 2. The van der Waals surface area contributed by atoms with E-state index in [2.05, 4.69) is 6.58 Å². The molecule has 2 aliphatic rings. The minimum atomic E-state index is -1.61. The van der Waals surface area contributed by atoms with Crippen molar-refractivity contribution in [1.82, 2.24) is 0 Å². The van der Waals surface area contributed by atoms with Crippen molar-refractivity contribution in [2.24, 2.45) is 0 Å². The molecule has 2 saturated heterocycles. The summed E-state index contributed by atoms with van der Waals surface area (Å²) < 4.78 is 22.7. The number of aromatic hydroxyl groups is 2. The fourth-order valence-electron chi connectivity index (χ4n) is 6.24. The van der Waals surface area contributed by atoms with Crippen LogP contribution in [-0.2, 0) is 15.9 Å². The summed E-state index contributed by atoms with van der Waals surface area (Å²) in [5, 5.41) is 74.1. The maximum atomic E-state index is 14.2. The molecule has 13 heteroatoms. The second-order valence-electron chi connectivity index (χ2n) is 11.9. The number of fused-ring (bicyclic) bond motifs is 1. The van der Waals surface area contributed by atoms with Crippen molar-refractivity contribution in [3.05, 3.63) is 63.5 Å². The van der Waals surface area contributed by atoms with Gasteiger partial charge in [-0.25, -0.2) is 4.79 Å². The van der Waals surface area contributed by atoms with E-state index >= 15 is 0 Å². The number of carboxylic acids is 1. The van der Waals surface area contributed by atoms with Gasteiger partial charge in [-0.05, 0) is 43.9 Å². The van der Waals surface area contributed by atoms with Gasteiger partial charge in [0.1, 0.15) is 34.8 Å². The summed E-state index contributed by atoms with van der Waals surface area (Å²) in [4.78, 5) is 26.7.